The van der Waals surface area contributed by atoms with Crippen molar-refractivity contribution in [2.45, 2.75) is 5.75 Å². The molecule has 0 fully saturated rings. The molecule has 0 saturated carbocycles. The van der Waals surface area contributed by atoms with Gasteiger partial charge >= 0.3 is 5.97 Å². The molecule has 20 heavy (non-hydrogen) atoms. The molecule has 0 atom stereocenters. The molecule has 0 aliphatic carbocycles. The maximum atomic E-state index is 12.2. The number of nitrogens with zero attached hydrogens (tertiary/aromatic N) is 1. The molecule has 0 bridgehead atoms. The molecular formula is C14H17NO4S. The van der Waals surface area contributed by atoms with Gasteiger partial charge in [-0.25, -0.2) is 13.2 Å². The summed E-state index contributed by atoms with van der Waals surface area (Å²) in [6.07, 6.45) is 2.99. The van der Waals surface area contributed by atoms with Crippen molar-refractivity contribution in [2.75, 3.05) is 13.1 Å². The molecule has 1 N–H and O–H groups in total. The standard InChI is InChI=1S/C14H17NO4S/c1-3-8-15(9-4-2)20(18,19)11-12-6-5-7-13(10-12)14(16)17/h3-7,10H,1-2,8-9,11H2,(H,16,17). The van der Waals surface area contributed by atoms with Crippen molar-refractivity contribution in [3.8, 4) is 0 Å². The van der Waals surface area contributed by atoms with Gasteiger partial charge in [0.25, 0.3) is 0 Å². The molecule has 1 aromatic carbocycles. The average Bonchev–Trinajstić information content (AvgIpc) is 2.38. The molecule has 0 saturated heterocycles. The molecule has 0 unspecified atom stereocenters. The van der Waals surface area contributed by atoms with E-state index in [4.69, 9.17) is 5.11 Å². The molecule has 0 heterocycles. The van der Waals surface area contributed by atoms with Crippen molar-refractivity contribution in [1.82, 2.24) is 4.31 Å². The highest BCUT2D eigenvalue weighted by Crippen LogP contribution is 2.13. The van der Waals surface area contributed by atoms with E-state index in [0.29, 0.717) is 5.56 Å². The summed E-state index contributed by atoms with van der Waals surface area (Å²) in [5.74, 6) is -1.34. The Kier molecular flexibility index (Phi) is 5.66. The van der Waals surface area contributed by atoms with Crippen LogP contribution in [0.1, 0.15) is 15.9 Å². The second kappa shape index (κ2) is 7.02. The summed E-state index contributed by atoms with van der Waals surface area (Å²) >= 11 is 0. The Hall–Kier alpha value is -1.92. The topological polar surface area (TPSA) is 74.7 Å². The summed E-state index contributed by atoms with van der Waals surface area (Å²) in [4.78, 5) is 10.9. The summed E-state index contributed by atoms with van der Waals surface area (Å²) in [5.41, 5.74) is 0.500. The van der Waals surface area contributed by atoms with E-state index >= 15 is 0 Å². The van der Waals surface area contributed by atoms with Crippen LogP contribution in [0, 0.1) is 0 Å². The van der Waals surface area contributed by atoms with Gasteiger partial charge in [-0.2, -0.15) is 4.31 Å². The lowest BCUT2D eigenvalue weighted by Gasteiger charge is -2.19. The van der Waals surface area contributed by atoms with Crippen LogP contribution in [0.25, 0.3) is 0 Å². The largest absolute Gasteiger partial charge is 0.478 e. The van der Waals surface area contributed by atoms with Crippen LogP contribution in [-0.2, 0) is 15.8 Å². The molecule has 0 aliphatic heterocycles. The van der Waals surface area contributed by atoms with Crippen molar-refractivity contribution in [2.24, 2.45) is 0 Å². The predicted octanol–water partition coefficient (Wildman–Crippen LogP) is 1.89. The molecule has 1 aromatic rings. The first-order valence-corrected chi connectivity index (χ1v) is 7.53. The number of benzene rings is 1. The molecule has 108 valence electrons. The SMILES string of the molecule is C=CCN(CC=C)S(=O)(=O)Cc1cccc(C(=O)O)c1. The number of carboxylic acid groups (broad SMARTS) is 1. The van der Waals surface area contributed by atoms with E-state index in [2.05, 4.69) is 13.2 Å². The van der Waals surface area contributed by atoms with Crippen molar-refractivity contribution >= 4 is 16.0 Å². The van der Waals surface area contributed by atoms with Crippen molar-refractivity contribution < 1.29 is 18.3 Å². The molecule has 6 heteroatoms. The lowest BCUT2D eigenvalue weighted by atomic mass is 10.1. The molecule has 0 spiro atoms. The van der Waals surface area contributed by atoms with Crippen molar-refractivity contribution in [3.63, 3.8) is 0 Å². The van der Waals surface area contributed by atoms with Crippen LogP contribution in [0.5, 0.6) is 0 Å². The highest BCUT2D eigenvalue weighted by Gasteiger charge is 2.20. The highest BCUT2D eigenvalue weighted by atomic mass is 32.2. The fourth-order valence-electron chi connectivity index (χ4n) is 1.69. The molecule has 0 aromatic heterocycles. The number of rotatable bonds is 8. The third-order valence-electron chi connectivity index (χ3n) is 2.58. The van der Waals surface area contributed by atoms with Gasteiger partial charge < -0.3 is 5.11 Å². The Bertz CT molecular complexity index is 597. The Morgan fingerprint density at radius 3 is 2.35 bits per heavy atom. The zero-order chi connectivity index (χ0) is 15.2. The quantitative estimate of drug-likeness (QED) is 0.743. The van der Waals surface area contributed by atoms with Crippen LogP contribution in [0.15, 0.2) is 49.6 Å². The predicted molar refractivity (Wildman–Crippen MR) is 78.0 cm³/mol. The second-order valence-corrected chi connectivity index (χ2v) is 6.12. The second-order valence-electron chi connectivity index (χ2n) is 4.16. The Morgan fingerprint density at radius 1 is 1.25 bits per heavy atom. The summed E-state index contributed by atoms with van der Waals surface area (Å²) in [6, 6.07) is 5.90. The third-order valence-corrected chi connectivity index (χ3v) is 4.36. The van der Waals surface area contributed by atoms with Gasteiger partial charge in [0.2, 0.25) is 10.0 Å². The zero-order valence-electron chi connectivity index (χ0n) is 11.0. The van der Waals surface area contributed by atoms with E-state index in [9.17, 15) is 13.2 Å². The fraction of sp³-hybridized carbons (Fsp3) is 0.214. The summed E-state index contributed by atoms with van der Waals surface area (Å²) < 4.78 is 25.7. The molecular weight excluding hydrogens is 278 g/mol. The number of aromatic carboxylic acids is 1. The summed E-state index contributed by atoms with van der Waals surface area (Å²) in [7, 11) is -3.54. The molecule has 0 amide bonds. The first-order valence-electron chi connectivity index (χ1n) is 5.92. The lowest BCUT2D eigenvalue weighted by molar-refractivity contribution is 0.0696. The summed E-state index contributed by atoms with van der Waals surface area (Å²) in [6.45, 7) is 7.42. The minimum absolute atomic E-state index is 0.0664. The minimum Gasteiger partial charge on any atom is -0.478 e. The maximum absolute atomic E-state index is 12.2. The van der Waals surface area contributed by atoms with Crippen LogP contribution >= 0.6 is 0 Å². The van der Waals surface area contributed by atoms with E-state index in [1.54, 1.807) is 6.07 Å². The van der Waals surface area contributed by atoms with Crippen LogP contribution < -0.4 is 0 Å². The fourth-order valence-corrected chi connectivity index (χ4v) is 3.13. The van der Waals surface area contributed by atoms with Gasteiger partial charge in [-0.1, -0.05) is 24.3 Å². The third kappa shape index (κ3) is 4.32. The normalized spacial score (nSPS) is 11.2. The average molecular weight is 295 g/mol. The first-order chi connectivity index (χ1) is 9.40. The number of carboxylic acids is 1. The van der Waals surface area contributed by atoms with Gasteiger partial charge in [-0.15, -0.1) is 13.2 Å². The van der Waals surface area contributed by atoms with Gasteiger partial charge in [0.1, 0.15) is 0 Å². The van der Waals surface area contributed by atoms with E-state index < -0.39 is 16.0 Å². The van der Waals surface area contributed by atoms with Gasteiger partial charge in [0.05, 0.1) is 11.3 Å². The monoisotopic (exact) mass is 295 g/mol. The number of hydrogen-bond acceptors (Lipinski definition) is 3. The van der Waals surface area contributed by atoms with Crippen molar-refractivity contribution in [3.05, 3.63) is 60.7 Å². The van der Waals surface area contributed by atoms with Crippen LogP contribution in [-0.4, -0.2) is 36.9 Å². The molecule has 0 aliphatic rings. The van der Waals surface area contributed by atoms with Crippen molar-refractivity contribution in [1.29, 1.82) is 0 Å². The lowest BCUT2D eigenvalue weighted by Crippen LogP contribution is -2.32. The number of sulfonamides is 1. The maximum Gasteiger partial charge on any atom is 0.335 e. The van der Waals surface area contributed by atoms with Crippen LogP contribution in [0.4, 0.5) is 0 Å². The van der Waals surface area contributed by atoms with Gasteiger partial charge in [-0.05, 0) is 17.7 Å². The molecule has 1 rings (SSSR count). The zero-order valence-corrected chi connectivity index (χ0v) is 11.8. The minimum atomic E-state index is -3.54. The first kappa shape index (κ1) is 16.1. The summed E-state index contributed by atoms with van der Waals surface area (Å²) in [5, 5.41) is 8.90. The van der Waals surface area contributed by atoms with E-state index in [1.165, 1.54) is 34.7 Å². The Morgan fingerprint density at radius 2 is 1.85 bits per heavy atom. The smallest absolute Gasteiger partial charge is 0.335 e. The van der Waals surface area contributed by atoms with Crippen LogP contribution in [0.2, 0.25) is 0 Å². The number of carbonyl (C=O) groups is 1. The molecule has 5 nitrogen and oxygen atoms in total. The van der Waals surface area contributed by atoms with Gasteiger partial charge in [-0.3, -0.25) is 0 Å². The Labute approximate surface area is 118 Å². The highest BCUT2D eigenvalue weighted by molar-refractivity contribution is 7.88. The van der Waals surface area contributed by atoms with E-state index in [0.717, 1.165) is 0 Å². The van der Waals surface area contributed by atoms with Gasteiger partial charge in [0.15, 0.2) is 0 Å². The van der Waals surface area contributed by atoms with E-state index in [-0.39, 0.29) is 24.4 Å². The number of hydrogen-bond donors (Lipinski definition) is 1. The van der Waals surface area contributed by atoms with Crippen LogP contribution in [0.3, 0.4) is 0 Å². The Balaban J connectivity index is 2.99. The van der Waals surface area contributed by atoms with E-state index in [1.807, 2.05) is 0 Å². The van der Waals surface area contributed by atoms with Gasteiger partial charge in [0, 0.05) is 13.1 Å². The molecule has 0 radical (unpaired) electrons.